The normalized spacial score (nSPS) is 18.9. The van der Waals surface area contributed by atoms with Crippen molar-refractivity contribution >= 4 is 33.0 Å². The Labute approximate surface area is 152 Å². The molecule has 1 amide bonds. The van der Waals surface area contributed by atoms with Gasteiger partial charge in [-0.3, -0.25) is 4.79 Å². The number of piperidine rings is 1. The number of carbonyl (C=O) groups excluding carboxylic acids is 1. The van der Waals surface area contributed by atoms with Gasteiger partial charge in [0.2, 0.25) is 10.0 Å². The number of amides is 1. The van der Waals surface area contributed by atoms with Gasteiger partial charge in [0.1, 0.15) is 0 Å². The molecule has 0 saturated carbocycles. The Kier molecular flexibility index (Phi) is 5.27. The Morgan fingerprint density at radius 1 is 1.28 bits per heavy atom. The highest BCUT2D eigenvalue weighted by Gasteiger charge is 2.30. The maximum atomic E-state index is 12.8. The van der Waals surface area contributed by atoms with Crippen LogP contribution in [0.2, 0.25) is 0 Å². The van der Waals surface area contributed by atoms with Crippen LogP contribution in [-0.4, -0.2) is 31.7 Å². The summed E-state index contributed by atoms with van der Waals surface area (Å²) >= 11 is 1.15. The minimum Gasteiger partial charge on any atom is -0.321 e. The molecule has 2 aromatic rings. The van der Waals surface area contributed by atoms with Crippen LogP contribution in [0.5, 0.6) is 0 Å². The van der Waals surface area contributed by atoms with Crippen molar-refractivity contribution < 1.29 is 13.2 Å². The zero-order chi connectivity index (χ0) is 18.0. The molecule has 134 valence electrons. The van der Waals surface area contributed by atoms with E-state index in [0.717, 1.165) is 29.7 Å². The highest BCUT2D eigenvalue weighted by atomic mass is 32.2. The molecule has 1 saturated heterocycles. The van der Waals surface area contributed by atoms with Gasteiger partial charge >= 0.3 is 0 Å². The van der Waals surface area contributed by atoms with Crippen molar-refractivity contribution in [2.75, 3.05) is 18.4 Å². The first-order valence-electron chi connectivity index (χ1n) is 8.33. The number of nitrogens with zero attached hydrogens (tertiary/aromatic N) is 1. The Morgan fingerprint density at radius 2 is 2.00 bits per heavy atom. The zero-order valence-electron chi connectivity index (χ0n) is 14.4. The lowest BCUT2D eigenvalue weighted by Gasteiger charge is -2.29. The van der Waals surface area contributed by atoms with E-state index in [0.29, 0.717) is 29.6 Å². The van der Waals surface area contributed by atoms with E-state index in [9.17, 15) is 13.2 Å². The van der Waals surface area contributed by atoms with Gasteiger partial charge in [-0.1, -0.05) is 24.6 Å². The predicted octanol–water partition coefficient (Wildman–Crippen LogP) is 3.73. The number of rotatable bonds is 4. The summed E-state index contributed by atoms with van der Waals surface area (Å²) in [6, 6.07) is 8.96. The van der Waals surface area contributed by atoms with Gasteiger partial charge in [-0.05, 0) is 43.9 Å². The second kappa shape index (κ2) is 7.27. The summed E-state index contributed by atoms with van der Waals surface area (Å²) < 4.78 is 27.1. The van der Waals surface area contributed by atoms with Crippen LogP contribution in [0, 0.1) is 12.8 Å². The average Bonchev–Trinajstić information content (AvgIpc) is 3.08. The summed E-state index contributed by atoms with van der Waals surface area (Å²) in [5, 5.41) is 4.35. The lowest BCUT2D eigenvalue weighted by atomic mass is 10.0. The zero-order valence-corrected chi connectivity index (χ0v) is 16.0. The third-order valence-electron chi connectivity index (χ3n) is 4.37. The van der Waals surface area contributed by atoms with Gasteiger partial charge in [-0.25, -0.2) is 8.42 Å². The molecular weight excluding hydrogens is 356 g/mol. The van der Waals surface area contributed by atoms with Crippen molar-refractivity contribution in [1.82, 2.24) is 4.31 Å². The Balaban J connectivity index is 1.75. The summed E-state index contributed by atoms with van der Waals surface area (Å²) in [5.41, 5.74) is 1.80. The van der Waals surface area contributed by atoms with Crippen LogP contribution >= 0.6 is 11.3 Å². The Morgan fingerprint density at radius 3 is 2.68 bits per heavy atom. The highest BCUT2D eigenvalue weighted by molar-refractivity contribution is 7.89. The van der Waals surface area contributed by atoms with E-state index in [1.54, 1.807) is 5.38 Å². The highest BCUT2D eigenvalue weighted by Crippen LogP contribution is 2.27. The summed E-state index contributed by atoms with van der Waals surface area (Å²) in [7, 11) is -3.52. The van der Waals surface area contributed by atoms with Gasteiger partial charge in [-0.2, -0.15) is 4.31 Å². The number of aryl methyl sites for hydroxylation is 1. The van der Waals surface area contributed by atoms with Crippen LogP contribution < -0.4 is 5.32 Å². The Bertz CT molecular complexity index is 857. The molecule has 0 bridgehead atoms. The second-order valence-corrected chi connectivity index (χ2v) is 9.43. The predicted molar refractivity (Wildman–Crippen MR) is 101 cm³/mol. The number of sulfonamides is 1. The Hall–Kier alpha value is -1.70. The number of thiophene rings is 1. The molecule has 1 aromatic heterocycles. The summed E-state index contributed by atoms with van der Waals surface area (Å²) in [6.07, 6.45) is 1.94. The van der Waals surface area contributed by atoms with E-state index >= 15 is 0 Å². The van der Waals surface area contributed by atoms with Crippen molar-refractivity contribution in [3.8, 4) is 0 Å². The van der Waals surface area contributed by atoms with E-state index < -0.39 is 10.0 Å². The monoisotopic (exact) mass is 378 g/mol. The molecule has 5 nitrogen and oxygen atoms in total. The maximum Gasteiger partial charge on any atom is 0.265 e. The van der Waals surface area contributed by atoms with Crippen molar-refractivity contribution in [2.45, 2.75) is 31.6 Å². The van der Waals surface area contributed by atoms with Gasteiger partial charge < -0.3 is 5.32 Å². The van der Waals surface area contributed by atoms with Crippen molar-refractivity contribution in [1.29, 1.82) is 0 Å². The fraction of sp³-hybridized carbons (Fsp3) is 0.389. The van der Waals surface area contributed by atoms with Gasteiger partial charge in [0, 0.05) is 24.2 Å². The number of hydrogen-bond acceptors (Lipinski definition) is 4. The molecule has 0 unspecified atom stereocenters. The lowest BCUT2D eigenvalue weighted by Crippen LogP contribution is -2.38. The van der Waals surface area contributed by atoms with Gasteiger partial charge in [0.15, 0.2) is 0 Å². The standard InChI is InChI=1S/C18H22N2O3S2/c1-13-5-7-15(8-6-13)19-18(21)17-10-16(12-24-17)25(22,23)20-9-3-4-14(2)11-20/h5-8,10,12,14H,3-4,9,11H2,1-2H3,(H,19,21)/t14-/m0/s1. The third kappa shape index (κ3) is 4.11. The molecule has 7 heteroatoms. The average molecular weight is 379 g/mol. The van der Waals surface area contributed by atoms with E-state index in [2.05, 4.69) is 12.2 Å². The third-order valence-corrected chi connectivity index (χ3v) is 7.29. The molecule has 2 heterocycles. The molecule has 1 aromatic carbocycles. The van der Waals surface area contributed by atoms with E-state index in [4.69, 9.17) is 0 Å². The van der Waals surface area contributed by atoms with Crippen LogP contribution in [0.1, 0.15) is 35.0 Å². The minimum atomic E-state index is -3.52. The van der Waals surface area contributed by atoms with E-state index in [-0.39, 0.29) is 10.8 Å². The van der Waals surface area contributed by atoms with Crippen LogP contribution in [0.25, 0.3) is 0 Å². The SMILES string of the molecule is Cc1ccc(NC(=O)c2cc(S(=O)(=O)N3CCC[C@H](C)C3)cs2)cc1. The molecule has 1 aliphatic rings. The van der Waals surface area contributed by atoms with Gasteiger partial charge in [0.25, 0.3) is 5.91 Å². The molecule has 1 aliphatic heterocycles. The van der Waals surface area contributed by atoms with E-state index in [1.165, 1.54) is 10.4 Å². The van der Waals surface area contributed by atoms with Crippen LogP contribution in [0.4, 0.5) is 5.69 Å². The summed E-state index contributed by atoms with van der Waals surface area (Å²) in [4.78, 5) is 13.0. The number of hydrogen-bond donors (Lipinski definition) is 1. The topological polar surface area (TPSA) is 66.5 Å². The second-order valence-electron chi connectivity index (χ2n) is 6.58. The number of nitrogens with one attached hydrogen (secondary N) is 1. The first kappa shape index (κ1) is 18.1. The maximum absolute atomic E-state index is 12.8. The fourth-order valence-corrected chi connectivity index (χ4v) is 5.67. The van der Waals surface area contributed by atoms with Gasteiger partial charge in [-0.15, -0.1) is 11.3 Å². The molecule has 25 heavy (non-hydrogen) atoms. The van der Waals surface area contributed by atoms with Crippen molar-refractivity contribution in [3.05, 3.63) is 46.2 Å². The molecule has 1 atom stereocenters. The number of anilines is 1. The summed E-state index contributed by atoms with van der Waals surface area (Å²) in [6.45, 7) is 5.13. The molecule has 0 aliphatic carbocycles. The van der Waals surface area contributed by atoms with Crippen LogP contribution in [0.15, 0.2) is 40.6 Å². The quantitative estimate of drug-likeness (QED) is 0.881. The fourth-order valence-electron chi connectivity index (χ4n) is 2.92. The van der Waals surface area contributed by atoms with E-state index in [1.807, 2.05) is 31.2 Å². The van der Waals surface area contributed by atoms with Gasteiger partial charge in [0.05, 0.1) is 9.77 Å². The largest absolute Gasteiger partial charge is 0.321 e. The van der Waals surface area contributed by atoms with Crippen LogP contribution in [-0.2, 0) is 10.0 Å². The molecule has 3 rings (SSSR count). The molecule has 1 N–H and O–H groups in total. The van der Waals surface area contributed by atoms with Crippen molar-refractivity contribution in [2.24, 2.45) is 5.92 Å². The molecule has 0 radical (unpaired) electrons. The lowest BCUT2D eigenvalue weighted by molar-refractivity contribution is 0.103. The molecule has 1 fully saturated rings. The smallest absolute Gasteiger partial charge is 0.265 e. The van der Waals surface area contributed by atoms with Crippen molar-refractivity contribution in [3.63, 3.8) is 0 Å². The summed E-state index contributed by atoms with van der Waals surface area (Å²) in [5.74, 6) is 0.0776. The number of benzene rings is 1. The molecular formula is C18H22N2O3S2. The first-order chi connectivity index (χ1) is 11.9. The first-order valence-corrected chi connectivity index (χ1v) is 10.6. The van der Waals surface area contributed by atoms with Crippen LogP contribution in [0.3, 0.4) is 0 Å². The minimum absolute atomic E-state index is 0.209. The number of carbonyl (C=O) groups is 1. The molecule has 0 spiro atoms.